The molecule has 1 heterocycles. The van der Waals surface area contributed by atoms with Gasteiger partial charge in [0.2, 0.25) is 10.0 Å². The van der Waals surface area contributed by atoms with Crippen molar-refractivity contribution in [3.8, 4) is 0 Å². The predicted molar refractivity (Wildman–Crippen MR) is 83.6 cm³/mol. The molecule has 0 saturated carbocycles. The van der Waals surface area contributed by atoms with Crippen molar-refractivity contribution in [1.82, 2.24) is 4.31 Å². The van der Waals surface area contributed by atoms with Gasteiger partial charge >= 0.3 is 0 Å². The Morgan fingerprint density at radius 1 is 1.24 bits per heavy atom. The fourth-order valence-electron chi connectivity index (χ4n) is 2.76. The molecule has 2 rings (SSSR count). The van der Waals surface area contributed by atoms with Crippen molar-refractivity contribution in [3.63, 3.8) is 0 Å². The van der Waals surface area contributed by atoms with Crippen molar-refractivity contribution in [2.45, 2.75) is 38.5 Å². The summed E-state index contributed by atoms with van der Waals surface area (Å²) in [5, 5.41) is 8.90. The van der Waals surface area contributed by atoms with Gasteiger partial charge in [-0.3, -0.25) is 0 Å². The third-order valence-electron chi connectivity index (χ3n) is 4.34. The Bertz CT molecular complexity index is 573. The van der Waals surface area contributed by atoms with Crippen LogP contribution in [0.15, 0.2) is 29.2 Å². The number of benzene rings is 1. The van der Waals surface area contributed by atoms with Crippen molar-refractivity contribution in [2.24, 2.45) is 11.3 Å². The van der Waals surface area contributed by atoms with Crippen LogP contribution >= 0.6 is 0 Å². The lowest BCUT2D eigenvalue weighted by molar-refractivity contribution is 0.252. The topological polar surface area (TPSA) is 57.6 Å². The summed E-state index contributed by atoms with van der Waals surface area (Å²) in [6, 6.07) is 6.84. The summed E-state index contributed by atoms with van der Waals surface area (Å²) >= 11 is 0. The van der Waals surface area contributed by atoms with E-state index in [2.05, 4.69) is 20.8 Å². The molecule has 1 saturated heterocycles. The quantitative estimate of drug-likeness (QED) is 0.928. The lowest BCUT2D eigenvalue weighted by Crippen LogP contribution is -2.31. The summed E-state index contributed by atoms with van der Waals surface area (Å²) < 4.78 is 26.9. The number of hydrogen-bond acceptors (Lipinski definition) is 3. The Hall–Kier alpha value is -0.910. The average Bonchev–Trinajstić information content (AvgIpc) is 2.90. The number of sulfonamides is 1. The molecule has 1 aliphatic heterocycles. The van der Waals surface area contributed by atoms with Crippen molar-refractivity contribution < 1.29 is 13.5 Å². The Balaban J connectivity index is 2.15. The molecule has 1 N–H and O–H groups in total. The maximum Gasteiger partial charge on any atom is 0.243 e. The zero-order valence-corrected chi connectivity index (χ0v) is 13.9. The summed E-state index contributed by atoms with van der Waals surface area (Å²) in [6.45, 7) is 7.77. The van der Waals surface area contributed by atoms with E-state index in [-0.39, 0.29) is 12.0 Å². The highest BCUT2D eigenvalue weighted by molar-refractivity contribution is 7.89. The molecular formula is C16H25NO3S. The lowest BCUT2D eigenvalue weighted by atomic mass is 9.80. The van der Waals surface area contributed by atoms with Gasteiger partial charge in [-0.1, -0.05) is 32.9 Å². The van der Waals surface area contributed by atoms with Crippen molar-refractivity contribution >= 4 is 10.0 Å². The molecule has 1 aromatic carbocycles. The summed E-state index contributed by atoms with van der Waals surface area (Å²) in [4.78, 5) is 0.346. The van der Waals surface area contributed by atoms with Crippen LogP contribution in [0.3, 0.4) is 0 Å². The Kier molecular flexibility index (Phi) is 4.76. The first-order valence-corrected chi connectivity index (χ1v) is 8.89. The van der Waals surface area contributed by atoms with Crippen LogP contribution < -0.4 is 0 Å². The normalized spacial score (nSPS) is 20.9. The van der Waals surface area contributed by atoms with Crippen LogP contribution in [0.4, 0.5) is 0 Å². The number of nitrogens with zero attached hydrogens (tertiary/aromatic N) is 1. The molecule has 1 fully saturated rings. The summed E-state index contributed by atoms with van der Waals surface area (Å²) in [5.74, 6) is 0.404. The van der Waals surface area contributed by atoms with E-state index in [4.69, 9.17) is 5.11 Å². The van der Waals surface area contributed by atoms with Gasteiger partial charge in [-0.15, -0.1) is 0 Å². The zero-order valence-electron chi connectivity index (χ0n) is 13.0. The predicted octanol–water partition coefficient (Wildman–Crippen LogP) is 2.28. The third-order valence-corrected chi connectivity index (χ3v) is 6.22. The van der Waals surface area contributed by atoms with E-state index in [1.807, 2.05) is 0 Å². The van der Waals surface area contributed by atoms with Gasteiger partial charge < -0.3 is 5.11 Å². The largest absolute Gasteiger partial charge is 0.396 e. The molecule has 0 aliphatic carbocycles. The number of aliphatic hydroxyl groups is 1. The highest BCUT2D eigenvalue weighted by atomic mass is 32.2. The van der Waals surface area contributed by atoms with Crippen LogP contribution in [-0.4, -0.2) is 37.5 Å². The molecular weight excluding hydrogens is 286 g/mol. The first-order chi connectivity index (χ1) is 9.75. The average molecular weight is 311 g/mol. The van der Waals surface area contributed by atoms with Gasteiger partial charge in [0.1, 0.15) is 0 Å². The minimum atomic E-state index is -3.39. The standard InChI is InChI=1S/C16H25NO3S/c1-16(2,3)14-8-10-17(12-14)21(19,20)15-6-4-13(5-7-15)9-11-18/h4-7,14,18H,8-12H2,1-3H3. The van der Waals surface area contributed by atoms with Crippen LogP contribution in [0.2, 0.25) is 0 Å². The minimum Gasteiger partial charge on any atom is -0.396 e. The Morgan fingerprint density at radius 2 is 1.86 bits per heavy atom. The van der Waals surface area contributed by atoms with E-state index >= 15 is 0 Å². The Morgan fingerprint density at radius 3 is 2.33 bits per heavy atom. The third kappa shape index (κ3) is 3.65. The molecule has 1 aliphatic rings. The number of aliphatic hydroxyl groups excluding tert-OH is 1. The van der Waals surface area contributed by atoms with Crippen LogP contribution in [0.5, 0.6) is 0 Å². The summed E-state index contributed by atoms with van der Waals surface area (Å²) in [6.07, 6.45) is 1.47. The molecule has 0 bridgehead atoms. The maximum atomic E-state index is 12.7. The first-order valence-electron chi connectivity index (χ1n) is 7.45. The molecule has 1 unspecified atom stereocenters. The molecule has 0 radical (unpaired) electrons. The smallest absolute Gasteiger partial charge is 0.243 e. The monoisotopic (exact) mass is 311 g/mol. The van der Waals surface area contributed by atoms with Crippen molar-refractivity contribution in [2.75, 3.05) is 19.7 Å². The van der Waals surface area contributed by atoms with Gasteiger partial charge in [0.15, 0.2) is 0 Å². The molecule has 118 valence electrons. The van der Waals surface area contributed by atoms with E-state index < -0.39 is 10.0 Å². The van der Waals surface area contributed by atoms with Gasteiger partial charge in [-0.25, -0.2) is 8.42 Å². The van der Waals surface area contributed by atoms with Crippen LogP contribution in [0.25, 0.3) is 0 Å². The Labute approximate surface area is 127 Å². The van der Waals surface area contributed by atoms with E-state index in [9.17, 15) is 8.42 Å². The van der Waals surface area contributed by atoms with E-state index in [1.165, 1.54) is 0 Å². The molecule has 1 atom stereocenters. The molecule has 0 spiro atoms. The molecule has 21 heavy (non-hydrogen) atoms. The van der Waals surface area contributed by atoms with Crippen LogP contribution in [0, 0.1) is 11.3 Å². The lowest BCUT2D eigenvalue weighted by Gasteiger charge is -2.26. The van der Waals surface area contributed by atoms with Crippen molar-refractivity contribution in [1.29, 1.82) is 0 Å². The van der Waals surface area contributed by atoms with Gasteiger partial charge in [-0.2, -0.15) is 4.31 Å². The van der Waals surface area contributed by atoms with E-state index in [1.54, 1.807) is 28.6 Å². The van der Waals surface area contributed by atoms with Crippen LogP contribution in [0.1, 0.15) is 32.8 Å². The molecule has 4 nitrogen and oxygen atoms in total. The maximum absolute atomic E-state index is 12.7. The second kappa shape index (κ2) is 6.07. The van der Waals surface area contributed by atoms with Crippen LogP contribution in [-0.2, 0) is 16.4 Å². The molecule has 0 aromatic heterocycles. The van der Waals surface area contributed by atoms with Gasteiger partial charge in [-0.05, 0) is 41.9 Å². The van der Waals surface area contributed by atoms with E-state index in [0.717, 1.165) is 12.0 Å². The molecule has 5 heteroatoms. The first kappa shape index (κ1) is 16.5. The fraction of sp³-hybridized carbons (Fsp3) is 0.625. The minimum absolute atomic E-state index is 0.0749. The SMILES string of the molecule is CC(C)(C)C1CCN(S(=O)(=O)c2ccc(CCO)cc2)C1. The molecule has 1 aromatic rings. The highest BCUT2D eigenvalue weighted by Gasteiger charge is 2.37. The highest BCUT2D eigenvalue weighted by Crippen LogP contribution is 2.35. The van der Waals surface area contributed by atoms with E-state index in [0.29, 0.717) is 30.3 Å². The second-order valence-electron chi connectivity index (χ2n) is 6.83. The summed E-state index contributed by atoms with van der Waals surface area (Å²) in [5.41, 5.74) is 1.08. The molecule has 0 amide bonds. The van der Waals surface area contributed by atoms with Gasteiger partial charge in [0, 0.05) is 19.7 Å². The second-order valence-corrected chi connectivity index (χ2v) is 8.77. The number of rotatable bonds is 4. The van der Waals surface area contributed by atoms with Gasteiger partial charge in [0.05, 0.1) is 4.90 Å². The zero-order chi connectivity index (χ0) is 15.7. The fourth-order valence-corrected chi connectivity index (χ4v) is 4.26. The van der Waals surface area contributed by atoms with Gasteiger partial charge in [0.25, 0.3) is 0 Å². The number of hydrogen-bond donors (Lipinski definition) is 1. The summed E-state index contributed by atoms with van der Waals surface area (Å²) in [7, 11) is -3.39. The van der Waals surface area contributed by atoms with Crippen molar-refractivity contribution in [3.05, 3.63) is 29.8 Å².